The van der Waals surface area contributed by atoms with Gasteiger partial charge in [0.25, 0.3) is 0 Å². The van der Waals surface area contributed by atoms with Crippen molar-refractivity contribution in [2.45, 2.75) is 12.7 Å². The molecule has 2 rings (SSSR count). The van der Waals surface area contributed by atoms with E-state index in [1.54, 1.807) is 30.4 Å². The quantitative estimate of drug-likeness (QED) is 0.285. The summed E-state index contributed by atoms with van der Waals surface area (Å²) in [6.45, 7) is -3.64. The maximum atomic E-state index is 12.7. The zero-order valence-corrected chi connectivity index (χ0v) is 17.7. The number of hydrogen-bond acceptors (Lipinski definition) is 8. The van der Waals surface area contributed by atoms with Gasteiger partial charge in [0.1, 0.15) is 6.04 Å². The van der Waals surface area contributed by atoms with Crippen molar-refractivity contribution in [3.8, 4) is 23.0 Å². The summed E-state index contributed by atoms with van der Waals surface area (Å²) in [5.41, 5.74) is 11.7. The SMILES string of the molecule is COc1cc(/C=C\c2ccc(OC(F)F)c(NN[C@@H](CO)C(N)=O)c2)cc(OC)c1OC. The number of alkyl halides is 2. The molecule has 0 saturated heterocycles. The number of hydrazine groups is 1. The van der Waals surface area contributed by atoms with Crippen molar-refractivity contribution in [2.75, 3.05) is 33.4 Å². The number of aliphatic hydroxyl groups excluding tert-OH is 1. The lowest BCUT2D eigenvalue weighted by atomic mass is 10.1. The number of methoxy groups -OCH3 is 3. The van der Waals surface area contributed by atoms with Gasteiger partial charge in [0.2, 0.25) is 11.7 Å². The molecule has 0 heterocycles. The third kappa shape index (κ3) is 6.46. The number of carbonyl (C=O) groups is 1. The van der Waals surface area contributed by atoms with E-state index in [1.807, 2.05) is 0 Å². The average molecular weight is 453 g/mol. The minimum Gasteiger partial charge on any atom is -0.493 e. The Bertz CT molecular complexity index is 930. The molecule has 0 saturated carbocycles. The molecule has 11 heteroatoms. The van der Waals surface area contributed by atoms with Crippen LogP contribution in [0.25, 0.3) is 12.2 Å². The van der Waals surface area contributed by atoms with Gasteiger partial charge in [-0.1, -0.05) is 18.2 Å². The first-order valence-corrected chi connectivity index (χ1v) is 9.31. The van der Waals surface area contributed by atoms with E-state index in [4.69, 9.17) is 19.9 Å². The van der Waals surface area contributed by atoms with Gasteiger partial charge in [-0.15, -0.1) is 0 Å². The minimum atomic E-state index is -3.05. The lowest BCUT2D eigenvalue weighted by Crippen LogP contribution is -2.46. The zero-order chi connectivity index (χ0) is 23.7. The van der Waals surface area contributed by atoms with Crippen LogP contribution < -0.4 is 35.5 Å². The van der Waals surface area contributed by atoms with Crippen molar-refractivity contribution in [1.82, 2.24) is 5.43 Å². The molecular formula is C21H25F2N3O6. The Morgan fingerprint density at radius 2 is 1.66 bits per heavy atom. The molecule has 2 aromatic rings. The van der Waals surface area contributed by atoms with Crippen molar-refractivity contribution in [3.63, 3.8) is 0 Å². The molecule has 32 heavy (non-hydrogen) atoms. The number of aliphatic hydroxyl groups is 1. The first-order chi connectivity index (χ1) is 15.3. The Kier molecular flexibility index (Phi) is 9.05. The molecule has 0 aliphatic carbocycles. The molecule has 0 fully saturated rings. The van der Waals surface area contributed by atoms with Crippen molar-refractivity contribution in [3.05, 3.63) is 41.5 Å². The Labute approximate surface area is 183 Å². The molecule has 0 unspecified atom stereocenters. The lowest BCUT2D eigenvalue weighted by molar-refractivity contribution is -0.120. The maximum Gasteiger partial charge on any atom is 0.387 e. The molecule has 174 valence electrons. The summed E-state index contributed by atoms with van der Waals surface area (Å²) in [6, 6.07) is 6.76. The summed E-state index contributed by atoms with van der Waals surface area (Å²) < 4.78 is 45.9. The number of nitrogens with one attached hydrogen (secondary N) is 2. The van der Waals surface area contributed by atoms with E-state index in [9.17, 15) is 18.7 Å². The predicted molar refractivity (Wildman–Crippen MR) is 115 cm³/mol. The number of anilines is 1. The summed E-state index contributed by atoms with van der Waals surface area (Å²) in [5, 5.41) is 9.18. The van der Waals surface area contributed by atoms with Crippen LogP contribution in [0.15, 0.2) is 30.3 Å². The molecule has 0 spiro atoms. The highest BCUT2D eigenvalue weighted by Crippen LogP contribution is 2.38. The summed E-state index contributed by atoms with van der Waals surface area (Å²) in [6.07, 6.45) is 3.47. The summed E-state index contributed by atoms with van der Waals surface area (Å²) in [5.74, 6) is 0.403. The smallest absolute Gasteiger partial charge is 0.387 e. The van der Waals surface area contributed by atoms with Gasteiger partial charge in [-0.2, -0.15) is 8.78 Å². The molecular weight excluding hydrogens is 428 g/mol. The van der Waals surface area contributed by atoms with Crippen LogP contribution >= 0.6 is 0 Å². The third-order valence-electron chi connectivity index (χ3n) is 4.28. The molecule has 0 radical (unpaired) electrons. The van der Waals surface area contributed by atoms with Crippen molar-refractivity contribution in [2.24, 2.45) is 5.73 Å². The number of halogens is 2. The van der Waals surface area contributed by atoms with Crippen LogP contribution in [0.2, 0.25) is 0 Å². The van der Waals surface area contributed by atoms with Crippen molar-refractivity contribution in [1.29, 1.82) is 0 Å². The summed E-state index contributed by atoms with van der Waals surface area (Å²) in [7, 11) is 4.51. The molecule has 1 amide bonds. The molecule has 2 aromatic carbocycles. The number of primary amides is 1. The van der Waals surface area contributed by atoms with Gasteiger partial charge >= 0.3 is 6.61 Å². The Morgan fingerprint density at radius 1 is 1.03 bits per heavy atom. The van der Waals surface area contributed by atoms with Crippen molar-refractivity contribution < 1.29 is 37.6 Å². The van der Waals surface area contributed by atoms with E-state index >= 15 is 0 Å². The molecule has 0 bridgehead atoms. The van der Waals surface area contributed by atoms with Gasteiger partial charge < -0.3 is 35.2 Å². The Hall–Kier alpha value is -3.57. The molecule has 0 aliphatic heterocycles. The Morgan fingerprint density at radius 3 is 2.16 bits per heavy atom. The van der Waals surface area contributed by atoms with Gasteiger partial charge in [0.05, 0.1) is 33.6 Å². The first-order valence-electron chi connectivity index (χ1n) is 9.31. The monoisotopic (exact) mass is 453 g/mol. The number of benzene rings is 2. The van der Waals surface area contributed by atoms with Crippen LogP contribution in [0, 0.1) is 0 Å². The number of amides is 1. The Balaban J connectivity index is 2.33. The van der Waals surface area contributed by atoms with Gasteiger partial charge in [-0.05, 0) is 35.4 Å². The molecule has 9 nitrogen and oxygen atoms in total. The maximum absolute atomic E-state index is 12.7. The van der Waals surface area contributed by atoms with Crippen molar-refractivity contribution >= 4 is 23.7 Å². The second kappa shape index (κ2) is 11.7. The largest absolute Gasteiger partial charge is 0.493 e. The van der Waals surface area contributed by atoms with E-state index in [1.165, 1.54) is 33.5 Å². The molecule has 5 N–H and O–H groups in total. The molecule has 0 aliphatic rings. The number of nitrogens with two attached hydrogens (primary N) is 1. The van der Waals surface area contributed by atoms with Gasteiger partial charge in [-0.25, -0.2) is 5.43 Å². The number of ether oxygens (including phenoxy) is 4. The fourth-order valence-corrected chi connectivity index (χ4v) is 2.71. The van der Waals surface area contributed by atoms with Crippen LogP contribution in [-0.4, -0.2) is 51.6 Å². The highest BCUT2D eigenvalue weighted by atomic mass is 19.3. The van der Waals surface area contributed by atoms with Crippen LogP contribution in [0.1, 0.15) is 11.1 Å². The van der Waals surface area contributed by atoms with E-state index in [0.717, 1.165) is 5.56 Å². The van der Waals surface area contributed by atoms with Gasteiger partial charge in [0, 0.05) is 0 Å². The zero-order valence-electron chi connectivity index (χ0n) is 17.7. The fourth-order valence-electron chi connectivity index (χ4n) is 2.71. The van der Waals surface area contributed by atoms with E-state index in [-0.39, 0.29) is 11.4 Å². The van der Waals surface area contributed by atoms with Crippen LogP contribution in [-0.2, 0) is 4.79 Å². The highest BCUT2D eigenvalue weighted by molar-refractivity contribution is 5.80. The topological polar surface area (TPSA) is 124 Å². The first kappa shape index (κ1) is 24.7. The number of carbonyl (C=O) groups excluding carboxylic acids is 1. The van der Waals surface area contributed by atoms with E-state index in [0.29, 0.717) is 22.8 Å². The van der Waals surface area contributed by atoms with E-state index in [2.05, 4.69) is 15.6 Å². The molecule has 1 atom stereocenters. The second-order valence-corrected chi connectivity index (χ2v) is 6.33. The molecule has 0 aromatic heterocycles. The van der Waals surface area contributed by atoms with Crippen LogP contribution in [0.3, 0.4) is 0 Å². The summed E-state index contributed by atoms with van der Waals surface area (Å²) in [4.78, 5) is 11.3. The fraction of sp³-hybridized carbons (Fsp3) is 0.286. The predicted octanol–water partition coefficient (Wildman–Crippen LogP) is 2.25. The summed E-state index contributed by atoms with van der Waals surface area (Å²) >= 11 is 0. The highest BCUT2D eigenvalue weighted by Gasteiger charge is 2.16. The van der Waals surface area contributed by atoms with Gasteiger partial charge in [0.15, 0.2) is 17.2 Å². The van der Waals surface area contributed by atoms with Gasteiger partial charge in [-0.3, -0.25) is 4.79 Å². The van der Waals surface area contributed by atoms with E-state index < -0.39 is 25.2 Å². The average Bonchev–Trinajstić information content (AvgIpc) is 2.77. The third-order valence-corrected chi connectivity index (χ3v) is 4.28. The standard InChI is InChI=1S/C21H25F2N3O6/c1-29-17-9-13(10-18(30-2)19(17)31-3)5-4-12-6-7-16(32-21(22)23)14(8-12)25-26-15(11-27)20(24)28/h4-10,15,21,25-27H,11H2,1-3H3,(H2,24,28)/b5-4-/t15-/m0/s1. The number of hydrogen-bond donors (Lipinski definition) is 4. The lowest BCUT2D eigenvalue weighted by Gasteiger charge is -2.17. The normalized spacial score (nSPS) is 12.0. The minimum absolute atomic E-state index is 0.108. The second-order valence-electron chi connectivity index (χ2n) is 6.33. The van der Waals surface area contributed by atoms with Crippen LogP contribution in [0.4, 0.5) is 14.5 Å². The van der Waals surface area contributed by atoms with Crippen LogP contribution in [0.5, 0.6) is 23.0 Å². The number of rotatable bonds is 12.